The first-order valence-electron chi connectivity index (χ1n) is 11.3. The number of hydrogen-bond acceptors (Lipinski definition) is 4. The van der Waals surface area contributed by atoms with Crippen LogP contribution in [-0.2, 0) is 0 Å². The van der Waals surface area contributed by atoms with Crippen LogP contribution < -0.4 is 4.74 Å². The lowest BCUT2D eigenvalue weighted by atomic mass is 9.76. The van der Waals surface area contributed by atoms with E-state index < -0.39 is 0 Å². The van der Waals surface area contributed by atoms with Crippen LogP contribution in [0.3, 0.4) is 0 Å². The van der Waals surface area contributed by atoms with Gasteiger partial charge in [0.25, 0.3) is 0 Å². The fourth-order valence-corrected chi connectivity index (χ4v) is 5.92. The van der Waals surface area contributed by atoms with E-state index in [4.69, 9.17) is 16.3 Å². The van der Waals surface area contributed by atoms with Crippen molar-refractivity contribution in [2.45, 2.75) is 29.6 Å². The Kier molecular flexibility index (Phi) is 6.63. The third-order valence-corrected chi connectivity index (χ3v) is 7.81. The zero-order valence-corrected chi connectivity index (χ0v) is 19.6. The Morgan fingerprint density at radius 2 is 1.66 bits per heavy atom. The molecule has 2 aliphatic rings. The average molecular weight is 466 g/mol. The van der Waals surface area contributed by atoms with Gasteiger partial charge in [0.1, 0.15) is 11.5 Å². The molecule has 5 heteroatoms. The van der Waals surface area contributed by atoms with Crippen LogP contribution in [0.4, 0.5) is 0 Å². The summed E-state index contributed by atoms with van der Waals surface area (Å²) in [5, 5.41) is 10.9. The zero-order valence-electron chi connectivity index (χ0n) is 18.0. The lowest BCUT2D eigenvalue weighted by Crippen LogP contribution is -2.25. The topological polar surface area (TPSA) is 32.7 Å². The highest BCUT2D eigenvalue weighted by Crippen LogP contribution is 2.47. The number of phenolic OH excluding ortho intramolecular Hbond substituents is 1. The van der Waals surface area contributed by atoms with Crippen molar-refractivity contribution in [3.8, 4) is 11.5 Å². The van der Waals surface area contributed by atoms with E-state index in [9.17, 15) is 5.11 Å². The van der Waals surface area contributed by atoms with Crippen LogP contribution in [0, 0.1) is 0 Å². The van der Waals surface area contributed by atoms with Crippen molar-refractivity contribution in [2.24, 2.45) is 0 Å². The molecule has 2 aliphatic heterocycles. The van der Waals surface area contributed by atoms with Gasteiger partial charge in [-0.2, -0.15) is 0 Å². The predicted octanol–water partition coefficient (Wildman–Crippen LogP) is 6.54. The molecule has 0 amide bonds. The van der Waals surface area contributed by atoms with Crippen molar-refractivity contribution in [1.29, 1.82) is 0 Å². The number of ether oxygens (including phenoxy) is 1. The minimum Gasteiger partial charge on any atom is -0.508 e. The maximum Gasteiger partial charge on any atom is 0.123 e. The van der Waals surface area contributed by atoms with Gasteiger partial charge in [-0.05, 0) is 79.5 Å². The summed E-state index contributed by atoms with van der Waals surface area (Å²) in [6.07, 6.45) is 2.69. The van der Waals surface area contributed by atoms with Crippen LogP contribution in [0.2, 0.25) is 5.02 Å². The number of rotatable bonds is 6. The Balaban J connectivity index is 1.40. The van der Waals surface area contributed by atoms with Gasteiger partial charge in [-0.1, -0.05) is 35.9 Å². The summed E-state index contributed by atoms with van der Waals surface area (Å²) in [6.45, 7) is 4.26. The van der Waals surface area contributed by atoms with Gasteiger partial charge >= 0.3 is 0 Å². The molecule has 3 aromatic rings. The largest absolute Gasteiger partial charge is 0.508 e. The molecule has 0 radical (unpaired) electrons. The van der Waals surface area contributed by atoms with Crippen LogP contribution in [0.25, 0.3) is 0 Å². The fourth-order valence-electron chi connectivity index (χ4n) is 4.88. The smallest absolute Gasteiger partial charge is 0.123 e. The highest BCUT2D eigenvalue weighted by Gasteiger charge is 2.33. The quantitative estimate of drug-likeness (QED) is 0.419. The molecule has 1 fully saturated rings. The Morgan fingerprint density at radius 3 is 2.41 bits per heavy atom. The van der Waals surface area contributed by atoms with Gasteiger partial charge in [-0.25, -0.2) is 0 Å². The summed E-state index contributed by atoms with van der Waals surface area (Å²) in [5.74, 6) is 2.50. The highest BCUT2D eigenvalue weighted by atomic mass is 35.5. The van der Waals surface area contributed by atoms with E-state index in [1.165, 1.54) is 42.0 Å². The number of phenols is 1. The second-order valence-corrected chi connectivity index (χ2v) is 10.2. The lowest BCUT2D eigenvalue weighted by Gasteiger charge is -2.34. The molecule has 0 saturated carbocycles. The highest BCUT2D eigenvalue weighted by molar-refractivity contribution is 7.99. The third kappa shape index (κ3) is 4.78. The summed E-state index contributed by atoms with van der Waals surface area (Å²) in [6, 6.07) is 22.4. The van der Waals surface area contributed by atoms with Gasteiger partial charge in [0.05, 0.1) is 6.61 Å². The van der Waals surface area contributed by atoms with E-state index >= 15 is 0 Å². The molecule has 0 aliphatic carbocycles. The Bertz CT molecular complexity index is 1050. The van der Waals surface area contributed by atoms with Gasteiger partial charge in [0.2, 0.25) is 0 Å². The molecule has 1 N–H and O–H groups in total. The number of halogens is 1. The normalized spacial score (nSPS) is 20.7. The van der Waals surface area contributed by atoms with Crippen LogP contribution in [0.1, 0.15) is 41.4 Å². The minimum absolute atomic E-state index is 0.107. The molecular formula is C27H28ClNO2S. The van der Waals surface area contributed by atoms with Gasteiger partial charge in [0, 0.05) is 39.6 Å². The van der Waals surface area contributed by atoms with Crippen molar-refractivity contribution in [3.05, 3.63) is 88.4 Å². The summed E-state index contributed by atoms with van der Waals surface area (Å²) in [5.41, 5.74) is 3.46. The molecule has 2 heterocycles. The lowest BCUT2D eigenvalue weighted by molar-refractivity contribution is 0.248. The molecule has 3 nitrogen and oxygen atoms in total. The molecule has 0 bridgehead atoms. The van der Waals surface area contributed by atoms with Crippen LogP contribution in [0.5, 0.6) is 11.5 Å². The van der Waals surface area contributed by atoms with Gasteiger partial charge in [-0.15, -0.1) is 11.8 Å². The first kappa shape index (κ1) is 21.7. The van der Waals surface area contributed by atoms with Crippen LogP contribution in [0.15, 0.2) is 71.6 Å². The maximum atomic E-state index is 10.2. The van der Waals surface area contributed by atoms with E-state index in [2.05, 4.69) is 41.3 Å². The van der Waals surface area contributed by atoms with Crippen molar-refractivity contribution < 1.29 is 9.84 Å². The molecule has 3 aromatic carbocycles. The van der Waals surface area contributed by atoms with Crippen LogP contribution >= 0.6 is 23.4 Å². The SMILES string of the molecule is Oc1ccc2c(c1)C(c1ccc(SCCN3CCCC3)cc1)[C@@H](c1ccc(Cl)cc1)CO2. The molecule has 1 unspecified atom stereocenters. The van der Waals surface area contributed by atoms with Gasteiger partial charge < -0.3 is 14.7 Å². The first-order chi connectivity index (χ1) is 15.7. The molecule has 32 heavy (non-hydrogen) atoms. The molecule has 1 saturated heterocycles. The zero-order chi connectivity index (χ0) is 21.9. The monoisotopic (exact) mass is 465 g/mol. The number of nitrogens with zero attached hydrogens (tertiary/aromatic N) is 1. The number of benzene rings is 3. The molecule has 5 rings (SSSR count). The number of hydrogen-bond donors (Lipinski definition) is 1. The minimum atomic E-state index is 0.107. The van der Waals surface area contributed by atoms with Crippen molar-refractivity contribution in [2.75, 3.05) is 32.0 Å². The first-order valence-corrected chi connectivity index (χ1v) is 12.7. The Labute approximate surface area is 199 Å². The summed E-state index contributed by atoms with van der Waals surface area (Å²) in [4.78, 5) is 3.86. The summed E-state index contributed by atoms with van der Waals surface area (Å²) < 4.78 is 6.10. The molecule has 166 valence electrons. The van der Waals surface area contributed by atoms with Gasteiger partial charge in [-0.3, -0.25) is 0 Å². The number of likely N-dealkylation sites (tertiary alicyclic amines) is 1. The number of aromatic hydroxyl groups is 1. The number of fused-ring (bicyclic) bond motifs is 1. The summed E-state index contributed by atoms with van der Waals surface area (Å²) in [7, 11) is 0. The molecule has 2 atom stereocenters. The van der Waals surface area contributed by atoms with E-state index in [0.717, 1.165) is 28.6 Å². The average Bonchev–Trinajstić information content (AvgIpc) is 3.33. The van der Waals surface area contributed by atoms with Gasteiger partial charge in [0.15, 0.2) is 0 Å². The molecule has 0 spiro atoms. The second kappa shape index (κ2) is 9.78. The van der Waals surface area contributed by atoms with Crippen molar-refractivity contribution in [3.63, 3.8) is 0 Å². The molecule has 0 aromatic heterocycles. The summed E-state index contributed by atoms with van der Waals surface area (Å²) >= 11 is 8.07. The Morgan fingerprint density at radius 1 is 0.938 bits per heavy atom. The van der Waals surface area contributed by atoms with E-state index in [1.807, 2.05) is 36.0 Å². The number of thioether (sulfide) groups is 1. The van der Waals surface area contributed by atoms with Crippen molar-refractivity contribution in [1.82, 2.24) is 4.90 Å². The Hall–Kier alpha value is -2.14. The second-order valence-electron chi connectivity index (χ2n) is 8.64. The fraction of sp³-hybridized carbons (Fsp3) is 0.333. The predicted molar refractivity (Wildman–Crippen MR) is 132 cm³/mol. The van der Waals surface area contributed by atoms with Crippen LogP contribution in [-0.4, -0.2) is 42.0 Å². The maximum absolute atomic E-state index is 10.2. The van der Waals surface area contributed by atoms with E-state index in [1.54, 1.807) is 6.07 Å². The van der Waals surface area contributed by atoms with E-state index in [-0.39, 0.29) is 17.6 Å². The van der Waals surface area contributed by atoms with E-state index in [0.29, 0.717) is 6.61 Å². The molecular weight excluding hydrogens is 438 g/mol. The third-order valence-electron chi connectivity index (χ3n) is 6.56. The standard InChI is InChI=1S/C27H28ClNO2S/c28-21-7-3-19(4-8-21)25-18-31-26-12-9-22(30)17-24(26)27(25)20-5-10-23(11-6-20)32-16-15-29-13-1-2-14-29/h3-12,17,25,27,30H,1-2,13-16,18H2/t25-,27?/m1/s1. The van der Waals surface area contributed by atoms with Crippen molar-refractivity contribution >= 4 is 23.4 Å².